The highest BCUT2D eigenvalue weighted by Crippen LogP contribution is 2.10. The van der Waals surface area contributed by atoms with Crippen molar-refractivity contribution in [2.24, 2.45) is 5.73 Å². The van der Waals surface area contributed by atoms with Crippen LogP contribution in [0.2, 0.25) is 0 Å². The number of nitrogens with one attached hydrogen (secondary N) is 1. The first kappa shape index (κ1) is 16.2. The average Bonchev–Trinajstić information content (AvgIpc) is 2.39. The maximum absolute atomic E-state index is 12.2. The van der Waals surface area contributed by atoms with Crippen LogP contribution < -0.4 is 11.1 Å². The van der Waals surface area contributed by atoms with Crippen molar-refractivity contribution in [3.05, 3.63) is 35.4 Å². The molecule has 1 unspecified atom stereocenters. The SMILES string of the molecule is CC(CCCC(=O)O)NC(=O)c1ccccc1CCN. The number of hydrogen-bond donors (Lipinski definition) is 3. The quantitative estimate of drug-likeness (QED) is 0.673. The number of carboxylic acid groups (broad SMARTS) is 1. The Morgan fingerprint density at radius 2 is 2.05 bits per heavy atom. The number of aliphatic carboxylic acids is 1. The first-order chi connectivity index (χ1) is 9.54. The van der Waals surface area contributed by atoms with Gasteiger partial charge in [0, 0.05) is 18.0 Å². The standard InChI is InChI=1S/C15H22N2O3/c1-11(5-4-8-14(18)19)17-15(20)13-7-3-2-6-12(13)9-10-16/h2-3,6-7,11H,4-5,8-10,16H2,1H3,(H,17,20)(H,18,19). The molecule has 1 aromatic rings. The van der Waals surface area contributed by atoms with Gasteiger partial charge in [0.15, 0.2) is 0 Å². The molecule has 0 saturated heterocycles. The molecule has 0 saturated carbocycles. The van der Waals surface area contributed by atoms with Crippen LogP contribution in [0, 0.1) is 0 Å². The molecule has 0 aliphatic heterocycles. The van der Waals surface area contributed by atoms with Gasteiger partial charge in [0.05, 0.1) is 0 Å². The van der Waals surface area contributed by atoms with Crippen molar-refractivity contribution in [1.82, 2.24) is 5.32 Å². The molecule has 0 aliphatic rings. The van der Waals surface area contributed by atoms with Crippen molar-refractivity contribution < 1.29 is 14.7 Å². The molecule has 1 rings (SSSR count). The predicted molar refractivity (Wildman–Crippen MR) is 77.6 cm³/mol. The number of carbonyl (C=O) groups is 2. The van der Waals surface area contributed by atoms with Gasteiger partial charge in [-0.15, -0.1) is 0 Å². The smallest absolute Gasteiger partial charge is 0.303 e. The average molecular weight is 278 g/mol. The molecule has 0 bridgehead atoms. The number of rotatable bonds is 8. The second-order valence-electron chi connectivity index (χ2n) is 4.86. The van der Waals surface area contributed by atoms with Gasteiger partial charge in [0.25, 0.3) is 5.91 Å². The number of carbonyl (C=O) groups excluding carboxylic acids is 1. The Bertz CT molecular complexity index is 460. The third-order valence-electron chi connectivity index (χ3n) is 3.08. The van der Waals surface area contributed by atoms with E-state index in [1.807, 2.05) is 25.1 Å². The van der Waals surface area contributed by atoms with E-state index in [-0.39, 0.29) is 18.4 Å². The summed E-state index contributed by atoms with van der Waals surface area (Å²) in [5, 5.41) is 11.5. The third-order valence-corrected chi connectivity index (χ3v) is 3.08. The van der Waals surface area contributed by atoms with Gasteiger partial charge in [-0.25, -0.2) is 0 Å². The van der Waals surface area contributed by atoms with E-state index >= 15 is 0 Å². The lowest BCUT2D eigenvalue weighted by Crippen LogP contribution is -2.33. The van der Waals surface area contributed by atoms with Gasteiger partial charge in [-0.05, 0) is 44.4 Å². The number of carboxylic acids is 1. The molecule has 5 heteroatoms. The number of hydrogen-bond acceptors (Lipinski definition) is 3. The predicted octanol–water partition coefficient (Wildman–Crippen LogP) is 1.56. The number of benzene rings is 1. The van der Waals surface area contributed by atoms with Crippen LogP contribution in [0.4, 0.5) is 0 Å². The third kappa shape index (κ3) is 5.40. The van der Waals surface area contributed by atoms with Crippen LogP contribution in [-0.4, -0.2) is 29.6 Å². The van der Waals surface area contributed by atoms with Gasteiger partial charge < -0.3 is 16.2 Å². The molecule has 0 spiro atoms. The molecular weight excluding hydrogens is 256 g/mol. The second-order valence-corrected chi connectivity index (χ2v) is 4.86. The Balaban J connectivity index is 2.55. The minimum atomic E-state index is -0.809. The zero-order valence-electron chi connectivity index (χ0n) is 11.8. The van der Waals surface area contributed by atoms with Crippen molar-refractivity contribution in [1.29, 1.82) is 0 Å². The topological polar surface area (TPSA) is 92.4 Å². The van der Waals surface area contributed by atoms with Gasteiger partial charge in [-0.1, -0.05) is 18.2 Å². The van der Waals surface area contributed by atoms with Crippen molar-refractivity contribution >= 4 is 11.9 Å². The molecule has 5 nitrogen and oxygen atoms in total. The largest absolute Gasteiger partial charge is 0.481 e. The molecule has 0 fully saturated rings. The van der Waals surface area contributed by atoms with Gasteiger partial charge in [0.1, 0.15) is 0 Å². The van der Waals surface area contributed by atoms with Crippen molar-refractivity contribution in [2.75, 3.05) is 6.54 Å². The Morgan fingerprint density at radius 1 is 1.35 bits per heavy atom. The van der Waals surface area contributed by atoms with Crippen LogP contribution >= 0.6 is 0 Å². The van der Waals surface area contributed by atoms with E-state index in [2.05, 4.69) is 5.32 Å². The molecule has 0 heterocycles. The molecule has 20 heavy (non-hydrogen) atoms. The second kappa shape index (κ2) is 8.32. The fourth-order valence-electron chi connectivity index (χ4n) is 2.05. The molecule has 1 amide bonds. The zero-order chi connectivity index (χ0) is 15.0. The van der Waals surface area contributed by atoms with Crippen molar-refractivity contribution in [2.45, 2.75) is 38.6 Å². The molecular formula is C15H22N2O3. The Morgan fingerprint density at radius 3 is 2.70 bits per heavy atom. The first-order valence-electron chi connectivity index (χ1n) is 6.85. The van der Waals surface area contributed by atoms with Crippen LogP contribution in [0.3, 0.4) is 0 Å². The molecule has 1 atom stereocenters. The van der Waals surface area contributed by atoms with Crippen molar-refractivity contribution in [3.8, 4) is 0 Å². The van der Waals surface area contributed by atoms with E-state index in [4.69, 9.17) is 10.8 Å². The summed E-state index contributed by atoms with van der Waals surface area (Å²) in [7, 11) is 0. The highest BCUT2D eigenvalue weighted by atomic mass is 16.4. The van der Waals surface area contributed by atoms with Gasteiger partial charge in [0.2, 0.25) is 0 Å². The molecule has 0 aromatic heterocycles. The maximum atomic E-state index is 12.2. The Hall–Kier alpha value is -1.88. The Labute approximate surface area is 119 Å². The van der Waals surface area contributed by atoms with E-state index in [1.165, 1.54) is 0 Å². The van der Waals surface area contributed by atoms with E-state index < -0.39 is 5.97 Å². The van der Waals surface area contributed by atoms with Crippen LogP contribution in [0.1, 0.15) is 42.1 Å². The van der Waals surface area contributed by atoms with E-state index in [0.717, 1.165) is 5.56 Å². The minimum Gasteiger partial charge on any atom is -0.481 e. The normalized spacial score (nSPS) is 11.9. The summed E-state index contributed by atoms with van der Waals surface area (Å²) in [5.41, 5.74) is 7.11. The monoisotopic (exact) mass is 278 g/mol. The summed E-state index contributed by atoms with van der Waals surface area (Å²) < 4.78 is 0. The summed E-state index contributed by atoms with van der Waals surface area (Å²) in [6, 6.07) is 7.34. The molecule has 0 radical (unpaired) electrons. The Kier molecular flexibility index (Phi) is 6.73. The summed E-state index contributed by atoms with van der Waals surface area (Å²) in [5.74, 6) is -0.936. The van der Waals surface area contributed by atoms with Crippen LogP contribution in [0.5, 0.6) is 0 Å². The highest BCUT2D eigenvalue weighted by Gasteiger charge is 2.13. The number of nitrogens with two attached hydrogens (primary N) is 1. The lowest BCUT2D eigenvalue weighted by Gasteiger charge is -2.15. The lowest BCUT2D eigenvalue weighted by atomic mass is 10.0. The minimum absolute atomic E-state index is 0.0483. The fraction of sp³-hybridized carbons (Fsp3) is 0.467. The molecule has 0 aliphatic carbocycles. The van der Waals surface area contributed by atoms with E-state index in [9.17, 15) is 9.59 Å². The highest BCUT2D eigenvalue weighted by molar-refractivity contribution is 5.95. The fourth-order valence-corrected chi connectivity index (χ4v) is 2.05. The first-order valence-corrected chi connectivity index (χ1v) is 6.85. The van der Waals surface area contributed by atoms with Gasteiger partial charge in [-0.2, -0.15) is 0 Å². The number of amides is 1. The van der Waals surface area contributed by atoms with Crippen molar-refractivity contribution in [3.63, 3.8) is 0 Å². The summed E-state index contributed by atoms with van der Waals surface area (Å²) >= 11 is 0. The van der Waals surface area contributed by atoms with Crippen LogP contribution in [0.15, 0.2) is 24.3 Å². The molecule has 110 valence electrons. The molecule has 1 aromatic carbocycles. The van der Waals surface area contributed by atoms with E-state index in [1.54, 1.807) is 6.07 Å². The maximum Gasteiger partial charge on any atom is 0.303 e. The van der Waals surface area contributed by atoms with Gasteiger partial charge >= 0.3 is 5.97 Å². The summed E-state index contributed by atoms with van der Waals surface area (Å²) in [6.45, 7) is 2.38. The van der Waals surface area contributed by atoms with Crippen LogP contribution in [-0.2, 0) is 11.2 Å². The van der Waals surface area contributed by atoms with E-state index in [0.29, 0.717) is 31.4 Å². The molecule has 4 N–H and O–H groups in total. The lowest BCUT2D eigenvalue weighted by molar-refractivity contribution is -0.137. The summed E-state index contributed by atoms with van der Waals surface area (Å²) in [6.07, 6.45) is 2.00. The van der Waals surface area contributed by atoms with Crippen LogP contribution in [0.25, 0.3) is 0 Å². The summed E-state index contributed by atoms with van der Waals surface area (Å²) in [4.78, 5) is 22.6. The van der Waals surface area contributed by atoms with Gasteiger partial charge in [-0.3, -0.25) is 9.59 Å². The zero-order valence-corrected chi connectivity index (χ0v) is 11.8.